The van der Waals surface area contributed by atoms with E-state index in [0.717, 1.165) is 16.5 Å². The molecule has 0 radical (unpaired) electrons. The zero-order chi connectivity index (χ0) is 27.7. The van der Waals surface area contributed by atoms with Crippen molar-refractivity contribution in [2.45, 2.75) is 32.6 Å². The number of hydrogen-bond donors (Lipinski definition) is 3. The molecule has 0 unspecified atom stereocenters. The second-order valence-electron chi connectivity index (χ2n) is 9.37. The summed E-state index contributed by atoms with van der Waals surface area (Å²) in [5.74, 6) is 0.271. The van der Waals surface area contributed by atoms with Crippen LogP contribution >= 0.6 is 44.1 Å². The van der Waals surface area contributed by atoms with Crippen LogP contribution in [0.15, 0.2) is 75.7 Å². The van der Waals surface area contributed by atoms with Crippen LogP contribution in [0.2, 0.25) is 0 Å². The van der Waals surface area contributed by atoms with E-state index in [1.165, 1.54) is 5.56 Å². The number of hydrazine groups is 1. The number of carbonyl (C=O) groups excluding carboxylic acids is 2. The molecular weight excluding hydrogens is 634 g/mol. The smallest absolute Gasteiger partial charge is 0.276 e. The Morgan fingerprint density at radius 3 is 2.18 bits per heavy atom. The molecule has 3 rings (SSSR count). The first-order chi connectivity index (χ1) is 18.0. The molecule has 38 heavy (non-hydrogen) atoms. The number of ether oxygens (including phenoxy) is 2. The Morgan fingerprint density at radius 2 is 1.53 bits per heavy atom. The minimum Gasteiger partial charge on any atom is -0.492 e. The van der Waals surface area contributed by atoms with Crippen LogP contribution in [0.1, 0.15) is 42.3 Å². The highest BCUT2D eigenvalue weighted by Crippen LogP contribution is 2.31. The normalized spacial score (nSPS) is 10.9. The molecule has 3 N–H and O–H groups in total. The van der Waals surface area contributed by atoms with Gasteiger partial charge in [0.1, 0.15) is 11.5 Å². The van der Waals surface area contributed by atoms with E-state index in [-0.39, 0.29) is 17.1 Å². The molecule has 0 aliphatic heterocycles. The zero-order valence-corrected chi connectivity index (χ0v) is 25.3. The lowest BCUT2D eigenvalue weighted by atomic mass is 9.87. The molecule has 0 heterocycles. The summed E-state index contributed by atoms with van der Waals surface area (Å²) in [4.78, 5) is 24.7. The van der Waals surface area contributed by atoms with Crippen LogP contribution in [-0.4, -0.2) is 30.1 Å². The molecule has 0 saturated carbocycles. The summed E-state index contributed by atoms with van der Waals surface area (Å²) in [7, 11) is 0. The highest BCUT2D eigenvalue weighted by atomic mass is 79.9. The number of hydrogen-bond acceptors (Lipinski definition) is 5. The van der Waals surface area contributed by atoms with Gasteiger partial charge in [0.2, 0.25) is 0 Å². The van der Waals surface area contributed by atoms with Crippen molar-refractivity contribution in [1.82, 2.24) is 16.2 Å². The summed E-state index contributed by atoms with van der Waals surface area (Å²) >= 11 is 12.0. The van der Waals surface area contributed by atoms with Gasteiger partial charge in [-0.2, -0.15) is 0 Å². The first-order valence-corrected chi connectivity index (χ1v) is 13.8. The maximum absolute atomic E-state index is 12.6. The van der Waals surface area contributed by atoms with Gasteiger partial charge in [0, 0.05) is 12.0 Å². The first kappa shape index (κ1) is 29.6. The maximum atomic E-state index is 12.6. The van der Waals surface area contributed by atoms with Crippen molar-refractivity contribution in [3.8, 4) is 11.5 Å². The van der Waals surface area contributed by atoms with Crippen molar-refractivity contribution < 1.29 is 19.1 Å². The molecule has 10 heteroatoms. The van der Waals surface area contributed by atoms with Crippen LogP contribution in [0, 0.1) is 0 Å². The Bertz CT molecular complexity index is 1300. The number of benzene rings is 3. The second kappa shape index (κ2) is 13.7. The van der Waals surface area contributed by atoms with E-state index in [1.54, 1.807) is 18.2 Å². The van der Waals surface area contributed by atoms with Gasteiger partial charge in [-0.15, -0.1) is 0 Å². The van der Waals surface area contributed by atoms with Gasteiger partial charge in [-0.25, -0.2) is 0 Å². The van der Waals surface area contributed by atoms with Gasteiger partial charge in [0.05, 0.1) is 15.6 Å². The topological polar surface area (TPSA) is 88.7 Å². The third kappa shape index (κ3) is 9.11. The molecule has 0 aliphatic rings. The van der Waals surface area contributed by atoms with Crippen LogP contribution in [0.3, 0.4) is 0 Å². The van der Waals surface area contributed by atoms with Gasteiger partial charge in [-0.1, -0.05) is 57.2 Å². The van der Waals surface area contributed by atoms with Gasteiger partial charge in [-0.3, -0.25) is 25.8 Å². The van der Waals surface area contributed by atoms with Crippen LogP contribution in [0.25, 0.3) is 0 Å². The molecular formula is C28H29Br2N3O4S. The summed E-state index contributed by atoms with van der Waals surface area (Å²) in [6.07, 6.45) is 0.771. The van der Waals surface area contributed by atoms with E-state index >= 15 is 0 Å². The molecule has 0 spiro atoms. The van der Waals surface area contributed by atoms with E-state index in [9.17, 15) is 9.59 Å². The van der Waals surface area contributed by atoms with Crippen LogP contribution < -0.4 is 25.6 Å². The lowest BCUT2D eigenvalue weighted by Gasteiger charge is -2.20. The fourth-order valence-electron chi connectivity index (χ4n) is 3.28. The van der Waals surface area contributed by atoms with Crippen molar-refractivity contribution in [2.24, 2.45) is 0 Å². The molecule has 0 saturated heterocycles. The monoisotopic (exact) mass is 661 g/mol. The molecule has 0 bridgehead atoms. The Labute approximate surface area is 244 Å². The predicted octanol–water partition coefficient (Wildman–Crippen LogP) is 5.85. The van der Waals surface area contributed by atoms with Crippen LogP contribution in [0.4, 0.5) is 0 Å². The predicted molar refractivity (Wildman–Crippen MR) is 159 cm³/mol. The fourth-order valence-corrected chi connectivity index (χ4v) is 4.41. The lowest BCUT2D eigenvalue weighted by Crippen LogP contribution is -2.49. The molecule has 200 valence electrons. The minimum absolute atomic E-state index is 0.00308. The van der Waals surface area contributed by atoms with Gasteiger partial charge in [-0.05, 0) is 91.0 Å². The van der Waals surface area contributed by atoms with Gasteiger partial charge >= 0.3 is 0 Å². The third-order valence-electron chi connectivity index (χ3n) is 5.38. The molecule has 3 aromatic rings. The van der Waals surface area contributed by atoms with Crippen molar-refractivity contribution in [1.29, 1.82) is 0 Å². The van der Waals surface area contributed by atoms with E-state index in [2.05, 4.69) is 68.8 Å². The number of nitrogens with one attached hydrogen (secondary N) is 3. The van der Waals surface area contributed by atoms with Gasteiger partial charge in [0.25, 0.3) is 11.8 Å². The average Bonchev–Trinajstić information content (AvgIpc) is 2.87. The standard InChI is InChI=1S/C28H29Br2N3O4S/c1-28(2,3)20-10-12-24(22(30)16-20)37-17-25(34)32-33-27(38)31-26(35)19-9-11-23(21(29)15-19)36-14-13-18-7-5-4-6-8-18/h4-12,15-16H,13-14,17H2,1-3H3,(H,32,34)(H2,31,33,35,38). The summed E-state index contributed by atoms with van der Waals surface area (Å²) in [6.45, 7) is 6.62. The minimum atomic E-state index is -0.465. The van der Waals surface area contributed by atoms with E-state index in [4.69, 9.17) is 21.7 Å². The van der Waals surface area contributed by atoms with E-state index in [0.29, 0.717) is 28.1 Å². The molecule has 3 aromatic carbocycles. The Hall–Kier alpha value is -2.95. The van der Waals surface area contributed by atoms with E-state index in [1.807, 2.05) is 48.5 Å². The first-order valence-electron chi connectivity index (χ1n) is 11.8. The lowest BCUT2D eigenvalue weighted by molar-refractivity contribution is -0.123. The van der Waals surface area contributed by atoms with Crippen molar-refractivity contribution >= 4 is 61.0 Å². The number of rotatable bonds is 8. The fraction of sp³-hybridized carbons (Fsp3) is 0.250. The summed E-state index contributed by atoms with van der Waals surface area (Å²) in [5, 5.41) is 2.47. The largest absolute Gasteiger partial charge is 0.492 e. The Kier molecular flexibility index (Phi) is 10.7. The molecule has 0 aromatic heterocycles. The van der Waals surface area contributed by atoms with Crippen molar-refractivity contribution in [3.05, 3.63) is 92.4 Å². The SMILES string of the molecule is CC(C)(C)c1ccc(OCC(=O)NNC(=S)NC(=O)c2ccc(OCCc3ccccc3)c(Br)c2)c(Br)c1. The van der Waals surface area contributed by atoms with Gasteiger partial charge < -0.3 is 9.47 Å². The molecule has 0 fully saturated rings. The van der Waals surface area contributed by atoms with Crippen LogP contribution in [0.5, 0.6) is 11.5 Å². The highest BCUT2D eigenvalue weighted by Gasteiger charge is 2.16. The van der Waals surface area contributed by atoms with Crippen LogP contribution in [-0.2, 0) is 16.6 Å². The quantitative estimate of drug-likeness (QED) is 0.207. The molecule has 0 atom stereocenters. The third-order valence-corrected chi connectivity index (χ3v) is 6.83. The zero-order valence-electron chi connectivity index (χ0n) is 21.3. The molecule has 7 nitrogen and oxygen atoms in total. The van der Waals surface area contributed by atoms with Gasteiger partial charge in [0.15, 0.2) is 11.7 Å². The molecule has 0 aliphatic carbocycles. The number of halogens is 2. The second-order valence-corrected chi connectivity index (χ2v) is 11.5. The number of amides is 2. The Balaban J connectivity index is 1.42. The summed E-state index contributed by atoms with van der Waals surface area (Å²) in [6, 6.07) is 20.8. The highest BCUT2D eigenvalue weighted by molar-refractivity contribution is 9.10. The average molecular weight is 663 g/mol. The molecule has 2 amide bonds. The van der Waals surface area contributed by atoms with Crippen molar-refractivity contribution in [3.63, 3.8) is 0 Å². The van der Waals surface area contributed by atoms with Crippen molar-refractivity contribution in [2.75, 3.05) is 13.2 Å². The number of carbonyl (C=O) groups is 2. The number of thiocarbonyl (C=S) groups is 1. The summed E-state index contributed by atoms with van der Waals surface area (Å²) < 4.78 is 12.8. The van der Waals surface area contributed by atoms with E-state index < -0.39 is 11.8 Å². The summed E-state index contributed by atoms with van der Waals surface area (Å²) in [5.41, 5.74) is 7.60. The maximum Gasteiger partial charge on any atom is 0.276 e. The Morgan fingerprint density at radius 1 is 0.868 bits per heavy atom.